The van der Waals surface area contributed by atoms with Gasteiger partial charge in [0.25, 0.3) is 0 Å². The summed E-state index contributed by atoms with van der Waals surface area (Å²) in [5.74, 6) is 0.560. The Bertz CT molecular complexity index is 1090. The van der Waals surface area contributed by atoms with Crippen molar-refractivity contribution in [2.45, 2.75) is 25.7 Å². The smallest absolute Gasteiger partial charge is 0.136 e. The van der Waals surface area contributed by atoms with Crippen LogP contribution in [0.2, 0.25) is 0 Å². The molecule has 4 heterocycles. The van der Waals surface area contributed by atoms with E-state index in [2.05, 4.69) is 24.4 Å². The summed E-state index contributed by atoms with van der Waals surface area (Å²) in [6.07, 6.45) is 3.63. The van der Waals surface area contributed by atoms with Crippen LogP contribution in [-0.2, 0) is 24.4 Å². The zero-order chi connectivity index (χ0) is 20.3. The van der Waals surface area contributed by atoms with Crippen LogP contribution in [0.25, 0.3) is 11.0 Å². The van der Waals surface area contributed by atoms with E-state index < -0.39 is 0 Å². The number of pyridine rings is 2. The Balaban J connectivity index is 1.45. The van der Waals surface area contributed by atoms with E-state index in [1.165, 1.54) is 12.1 Å². The summed E-state index contributed by atoms with van der Waals surface area (Å²) in [4.78, 5) is 15.9. The number of nitrogens with zero attached hydrogens (tertiary/aromatic N) is 5. The first-order valence-corrected chi connectivity index (χ1v) is 10.0. The first-order valence-electron chi connectivity index (χ1n) is 10.0. The minimum absolute atomic E-state index is 0.0663. The van der Waals surface area contributed by atoms with Crippen LogP contribution in [0.1, 0.15) is 23.3 Å². The van der Waals surface area contributed by atoms with Gasteiger partial charge >= 0.3 is 0 Å². The third kappa shape index (κ3) is 3.94. The molecule has 0 amide bonds. The third-order valence-corrected chi connectivity index (χ3v) is 5.32. The van der Waals surface area contributed by atoms with Crippen molar-refractivity contribution in [3.8, 4) is 0 Å². The molecule has 1 atom stereocenters. The minimum atomic E-state index is -0.276. The number of hydrogen-bond donors (Lipinski definition) is 0. The lowest BCUT2D eigenvalue weighted by Crippen LogP contribution is -2.35. The molecule has 6 nitrogen and oxygen atoms in total. The number of benzene rings is 1. The van der Waals surface area contributed by atoms with E-state index in [4.69, 9.17) is 4.74 Å². The maximum absolute atomic E-state index is 13.7. The lowest BCUT2D eigenvalue weighted by molar-refractivity contribution is 0.0399. The van der Waals surface area contributed by atoms with Crippen molar-refractivity contribution in [3.63, 3.8) is 0 Å². The molecule has 0 aliphatic carbocycles. The predicted octanol–water partition coefficient (Wildman–Crippen LogP) is 3.74. The van der Waals surface area contributed by atoms with Gasteiger partial charge in [0.2, 0.25) is 0 Å². The molecular weight excluding hydrogens is 381 g/mol. The lowest BCUT2D eigenvalue weighted by atomic mass is 10.2. The van der Waals surface area contributed by atoms with Gasteiger partial charge < -0.3 is 9.30 Å². The summed E-state index contributed by atoms with van der Waals surface area (Å²) in [6.45, 7) is 3.15. The highest BCUT2D eigenvalue weighted by Gasteiger charge is 2.26. The van der Waals surface area contributed by atoms with Crippen LogP contribution in [0.3, 0.4) is 0 Å². The Labute approximate surface area is 174 Å². The summed E-state index contributed by atoms with van der Waals surface area (Å²) < 4.78 is 21.7. The monoisotopic (exact) mass is 403 g/mol. The molecule has 7 heteroatoms. The molecule has 0 unspecified atom stereocenters. The highest BCUT2D eigenvalue weighted by atomic mass is 19.1. The third-order valence-electron chi connectivity index (χ3n) is 5.32. The van der Waals surface area contributed by atoms with Crippen LogP contribution in [0.4, 0.5) is 4.39 Å². The van der Waals surface area contributed by atoms with E-state index in [1.807, 2.05) is 48.8 Å². The summed E-state index contributed by atoms with van der Waals surface area (Å²) in [5, 5.41) is 0. The molecule has 0 N–H and O–H groups in total. The molecule has 0 bridgehead atoms. The van der Waals surface area contributed by atoms with Crippen LogP contribution in [0.15, 0.2) is 67.0 Å². The van der Waals surface area contributed by atoms with Gasteiger partial charge in [-0.25, -0.2) is 9.37 Å². The quantitative estimate of drug-likeness (QED) is 0.491. The van der Waals surface area contributed by atoms with Gasteiger partial charge in [0.05, 0.1) is 35.1 Å². The minimum Gasteiger partial charge on any atom is -0.371 e. The van der Waals surface area contributed by atoms with Crippen molar-refractivity contribution in [2.24, 2.45) is 0 Å². The second kappa shape index (κ2) is 8.30. The summed E-state index contributed by atoms with van der Waals surface area (Å²) >= 11 is 0. The Morgan fingerprint density at radius 3 is 2.40 bits per heavy atom. The first kappa shape index (κ1) is 18.8. The van der Waals surface area contributed by atoms with Crippen molar-refractivity contribution < 1.29 is 9.13 Å². The molecule has 4 aromatic rings. The lowest BCUT2D eigenvalue weighted by Gasteiger charge is -2.31. The molecule has 0 fully saturated rings. The molecular formula is C23H22FN5O. The number of aromatic nitrogens is 4. The average Bonchev–Trinajstić information content (AvgIpc) is 3.13. The van der Waals surface area contributed by atoms with Crippen LogP contribution in [-0.4, -0.2) is 37.6 Å². The van der Waals surface area contributed by atoms with E-state index in [-0.39, 0.29) is 11.9 Å². The molecule has 0 saturated carbocycles. The van der Waals surface area contributed by atoms with Gasteiger partial charge in [0.15, 0.2) is 0 Å². The summed E-state index contributed by atoms with van der Waals surface area (Å²) in [6, 6.07) is 16.8. The predicted molar refractivity (Wildman–Crippen MR) is 111 cm³/mol. The molecule has 152 valence electrons. The second-order valence-electron chi connectivity index (χ2n) is 7.51. The number of imidazole rings is 1. The van der Waals surface area contributed by atoms with Gasteiger partial charge in [-0.1, -0.05) is 12.1 Å². The van der Waals surface area contributed by atoms with Crippen molar-refractivity contribution in [3.05, 3.63) is 90.0 Å². The number of halogens is 1. The van der Waals surface area contributed by atoms with Crippen LogP contribution < -0.4 is 0 Å². The fourth-order valence-electron chi connectivity index (χ4n) is 4.05. The van der Waals surface area contributed by atoms with Gasteiger partial charge in [-0.15, -0.1) is 0 Å². The molecule has 5 rings (SSSR count). The van der Waals surface area contributed by atoms with Crippen molar-refractivity contribution >= 4 is 11.0 Å². The van der Waals surface area contributed by atoms with Crippen molar-refractivity contribution in [1.29, 1.82) is 0 Å². The molecule has 0 spiro atoms. The van der Waals surface area contributed by atoms with Gasteiger partial charge in [-0.05, 0) is 36.4 Å². The number of ether oxygens (including phenoxy) is 1. The van der Waals surface area contributed by atoms with E-state index in [1.54, 1.807) is 6.07 Å². The zero-order valence-corrected chi connectivity index (χ0v) is 16.5. The Kier molecular flexibility index (Phi) is 5.21. The summed E-state index contributed by atoms with van der Waals surface area (Å²) in [5.41, 5.74) is 3.61. The van der Waals surface area contributed by atoms with Gasteiger partial charge in [-0.3, -0.25) is 14.9 Å². The molecule has 0 radical (unpaired) electrons. The Hall–Kier alpha value is -3.16. The largest absolute Gasteiger partial charge is 0.371 e. The number of hydrogen-bond acceptors (Lipinski definition) is 5. The highest BCUT2D eigenvalue weighted by molar-refractivity contribution is 5.76. The number of fused-ring (bicyclic) bond motifs is 3. The molecule has 1 aliphatic heterocycles. The summed E-state index contributed by atoms with van der Waals surface area (Å²) in [7, 11) is 0. The number of rotatable bonds is 6. The normalized spacial score (nSPS) is 16.1. The standard InChI is InChI=1S/C23H22FN5O/c24-17-7-8-22-21(11-17)27-23-16-30-15-20(29(22)23)14-28(12-18-5-1-3-9-25-18)13-19-6-2-4-10-26-19/h1-11,20H,12-16H2/t20-/m0/s1. The molecule has 3 aromatic heterocycles. The van der Waals surface area contributed by atoms with Crippen molar-refractivity contribution in [1.82, 2.24) is 24.4 Å². The Morgan fingerprint density at radius 1 is 1.00 bits per heavy atom. The molecule has 1 aliphatic rings. The molecule has 1 aromatic carbocycles. The van der Waals surface area contributed by atoms with E-state index in [0.717, 1.165) is 29.3 Å². The molecule has 30 heavy (non-hydrogen) atoms. The van der Waals surface area contributed by atoms with E-state index >= 15 is 0 Å². The topological polar surface area (TPSA) is 56.1 Å². The highest BCUT2D eigenvalue weighted by Crippen LogP contribution is 2.27. The first-order chi connectivity index (χ1) is 14.8. The van der Waals surface area contributed by atoms with Crippen LogP contribution in [0, 0.1) is 5.82 Å². The van der Waals surface area contributed by atoms with E-state index in [9.17, 15) is 4.39 Å². The Morgan fingerprint density at radius 2 is 1.73 bits per heavy atom. The maximum atomic E-state index is 13.7. The fraction of sp³-hybridized carbons (Fsp3) is 0.261. The van der Waals surface area contributed by atoms with Crippen LogP contribution >= 0.6 is 0 Å². The van der Waals surface area contributed by atoms with Crippen LogP contribution in [0.5, 0.6) is 0 Å². The van der Waals surface area contributed by atoms with Crippen molar-refractivity contribution in [2.75, 3.05) is 13.2 Å². The van der Waals surface area contributed by atoms with Gasteiger partial charge in [0, 0.05) is 38.1 Å². The van der Waals surface area contributed by atoms with Gasteiger partial charge in [0.1, 0.15) is 18.2 Å². The fourth-order valence-corrected chi connectivity index (χ4v) is 4.05. The maximum Gasteiger partial charge on any atom is 0.136 e. The SMILES string of the molecule is Fc1ccc2c(c1)nc1n2[C@@H](CN(Cc2ccccn2)Cc2ccccn2)COC1. The van der Waals surface area contributed by atoms with Gasteiger partial charge in [-0.2, -0.15) is 0 Å². The van der Waals surface area contributed by atoms with E-state index in [0.29, 0.717) is 31.8 Å². The second-order valence-corrected chi connectivity index (χ2v) is 7.51. The zero-order valence-electron chi connectivity index (χ0n) is 16.5. The average molecular weight is 403 g/mol. The molecule has 0 saturated heterocycles.